The average molecular weight is 283 g/mol. The van der Waals surface area contributed by atoms with Crippen molar-refractivity contribution in [1.82, 2.24) is 5.32 Å². The largest absolute Gasteiger partial charge is 0.395 e. The fourth-order valence-corrected chi connectivity index (χ4v) is 2.49. The summed E-state index contributed by atoms with van der Waals surface area (Å²) < 4.78 is 0. The van der Waals surface area contributed by atoms with Crippen LogP contribution in [0, 0.1) is 11.8 Å². The monoisotopic (exact) mass is 283 g/mol. The molecule has 1 aromatic rings. The highest BCUT2D eigenvalue weighted by Gasteiger charge is 2.10. The van der Waals surface area contributed by atoms with Crippen molar-refractivity contribution >= 4 is 29.0 Å². The molecule has 0 bridgehead atoms. The first-order chi connectivity index (χ1) is 8.79. The van der Waals surface area contributed by atoms with Gasteiger partial charge >= 0.3 is 0 Å². The first-order valence-corrected chi connectivity index (χ1v) is 8.01. The quantitative estimate of drug-likeness (QED) is 0.620. The zero-order valence-corrected chi connectivity index (χ0v) is 12.0. The van der Waals surface area contributed by atoms with Gasteiger partial charge in [-0.3, -0.25) is 4.79 Å². The maximum Gasteiger partial charge on any atom is 0.262 e. The Bertz CT molecular complexity index is 432. The van der Waals surface area contributed by atoms with Crippen LogP contribution in [-0.4, -0.2) is 36.2 Å². The molecule has 0 unspecified atom stereocenters. The summed E-state index contributed by atoms with van der Waals surface area (Å²) in [4.78, 5) is 12.6. The molecule has 0 spiro atoms. The second-order valence-corrected chi connectivity index (χ2v) is 5.44. The van der Waals surface area contributed by atoms with Gasteiger partial charge in [0.25, 0.3) is 5.91 Å². The van der Waals surface area contributed by atoms with E-state index in [0.29, 0.717) is 17.8 Å². The van der Waals surface area contributed by atoms with Gasteiger partial charge in [-0.2, -0.15) is 11.8 Å². The van der Waals surface area contributed by atoms with Crippen molar-refractivity contribution in [3.05, 3.63) is 21.9 Å². The normalized spacial score (nSPS) is 9.67. The molecule has 5 heteroatoms. The Morgan fingerprint density at radius 1 is 1.61 bits per heavy atom. The number of aliphatic hydroxyl groups is 1. The van der Waals surface area contributed by atoms with E-state index in [4.69, 9.17) is 5.11 Å². The van der Waals surface area contributed by atoms with E-state index in [9.17, 15) is 4.79 Å². The molecular formula is C13H17NO2S2. The first-order valence-electron chi connectivity index (χ1n) is 5.74. The van der Waals surface area contributed by atoms with E-state index >= 15 is 0 Å². The molecule has 0 aromatic carbocycles. The Morgan fingerprint density at radius 2 is 2.44 bits per heavy atom. The zero-order chi connectivity index (χ0) is 13.2. The lowest BCUT2D eigenvalue weighted by molar-refractivity contribution is 0.0957. The van der Waals surface area contributed by atoms with Crippen LogP contribution in [-0.2, 0) is 0 Å². The topological polar surface area (TPSA) is 49.3 Å². The maximum absolute atomic E-state index is 11.9. The van der Waals surface area contributed by atoms with Crippen LogP contribution < -0.4 is 5.32 Å². The predicted octanol–water partition coefficient (Wildman–Crippen LogP) is 1.96. The molecule has 0 fully saturated rings. The molecule has 0 aliphatic carbocycles. The van der Waals surface area contributed by atoms with Crippen LogP contribution in [0.4, 0.5) is 0 Å². The molecule has 0 saturated heterocycles. The number of hydrogen-bond donors (Lipinski definition) is 2. The second kappa shape index (κ2) is 9.03. The molecule has 0 saturated carbocycles. The average Bonchev–Trinajstić information content (AvgIpc) is 2.83. The molecule has 1 rings (SSSR count). The lowest BCUT2D eigenvalue weighted by Crippen LogP contribution is -2.24. The number of rotatable bonds is 6. The summed E-state index contributed by atoms with van der Waals surface area (Å²) in [6, 6.07) is 1.84. The van der Waals surface area contributed by atoms with Crippen molar-refractivity contribution in [2.24, 2.45) is 0 Å². The minimum atomic E-state index is -0.0561. The van der Waals surface area contributed by atoms with Gasteiger partial charge in [0, 0.05) is 18.5 Å². The standard InChI is InChI=1S/C13H17NO2S2/c1-17-9-4-7-14-13(16)12-11(6-10-18-12)5-2-3-8-15/h6,10,15H,3-4,7-9H2,1H3,(H,14,16). The van der Waals surface area contributed by atoms with Gasteiger partial charge in [-0.1, -0.05) is 11.8 Å². The Hall–Kier alpha value is -0.960. The SMILES string of the molecule is CSCCCNC(=O)c1sccc1C#CCCO. The van der Waals surface area contributed by atoms with E-state index in [1.807, 2.05) is 11.4 Å². The lowest BCUT2D eigenvalue weighted by atomic mass is 10.2. The smallest absolute Gasteiger partial charge is 0.262 e. The van der Waals surface area contributed by atoms with E-state index in [-0.39, 0.29) is 12.5 Å². The summed E-state index contributed by atoms with van der Waals surface area (Å²) in [5.74, 6) is 6.74. The van der Waals surface area contributed by atoms with E-state index in [2.05, 4.69) is 23.4 Å². The summed E-state index contributed by atoms with van der Waals surface area (Å²) in [5, 5.41) is 13.4. The molecule has 2 N–H and O–H groups in total. The molecule has 0 aliphatic heterocycles. The highest BCUT2D eigenvalue weighted by Crippen LogP contribution is 2.15. The van der Waals surface area contributed by atoms with Crippen LogP contribution in [0.2, 0.25) is 0 Å². The van der Waals surface area contributed by atoms with Gasteiger partial charge in [0.15, 0.2) is 0 Å². The molecular weight excluding hydrogens is 266 g/mol. The molecule has 1 amide bonds. The van der Waals surface area contributed by atoms with E-state index < -0.39 is 0 Å². The van der Waals surface area contributed by atoms with E-state index in [0.717, 1.165) is 17.7 Å². The molecule has 98 valence electrons. The number of amides is 1. The van der Waals surface area contributed by atoms with Crippen LogP contribution in [0.25, 0.3) is 0 Å². The number of carbonyl (C=O) groups is 1. The Morgan fingerprint density at radius 3 is 3.17 bits per heavy atom. The fourth-order valence-electron chi connectivity index (χ4n) is 1.30. The maximum atomic E-state index is 11.9. The summed E-state index contributed by atoms with van der Waals surface area (Å²) >= 11 is 3.17. The van der Waals surface area contributed by atoms with Gasteiger partial charge in [0.05, 0.1) is 6.61 Å². The molecule has 1 heterocycles. The van der Waals surface area contributed by atoms with Crippen molar-refractivity contribution in [3.63, 3.8) is 0 Å². The van der Waals surface area contributed by atoms with Crippen molar-refractivity contribution in [2.75, 3.05) is 25.2 Å². The summed E-state index contributed by atoms with van der Waals surface area (Å²) in [6.45, 7) is 0.744. The minimum absolute atomic E-state index is 0.0490. The third kappa shape index (κ3) is 5.13. The summed E-state index contributed by atoms with van der Waals surface area (Å²) in [7, 11) is 0. The molecule has 18 heavy (non-hydrogen) atoms. The van der Waals surface area contributed by atoms with Crippen LogP contribution in [0.3, 0.4) is 0 Å². The Kier molecular flexibility index (Phi) is 7.58. The predicted molar refractivity (Wildman–Crippen MR) is 78.2 cm³/mol. The Labute approximate surface area is 116 Å². The highest BCUT2D eigenvalue weighted by atomic mass is 32.2. The molecule has 0 aliphatic rings. The van der Waals surface area contributed by atoms with E-state index in [1.165, 1.54) is 11.3 Å². The van der Waals surface area contributed by atoms with Gasteiger partial charge in [0.2, 0.25) is 0 Å². The van der Waals surface area contributed by atoms with Crippen LogP contribution >= 0.6 is 23.1 Å². The third-order valence-electron chi connectivity index (χ3n) is 2.14. The summed E-state index contributed by atoms with van der Waals surface area (Å²) in [6.07, 6.45) is 3.46. The van der Waals surface area contributed by atoms with Crippen molar-refractivity contribution < 1.29 is 9.90 Å². The van der Waals surface area contributed by atoms with Crippen molar-refractivity contribution in [1.29, 1.82) is 0 Å². The number of aliphatic hydroxyl groups excluding tert-OH is 1. The highest BCUT2D eigenvalue weighted by molar-refractivity contribution is 7.98. The van der Waals surface area contributed by atoms with Gasteiger partial charge in [0.1, 0.15) is 4.88 Å². The van der Waals surface area contributed by atoms with Gasteiger partial charge in [-0.25, -0.2) is 0 Å². The molecule has 0 atom stereocenters. The molecule has 0 radical (unpaired) electrons. The minimum Gasteiger partial charge on any atom is -0.395 e. The van der Waals surface area contributed by atoms with Gasteiger partial charge in [-0.05, 0) is 29.9 Å². The van der Waals surface area contributed by atoms with Gasteiger partial charge in [-0.15, -0.1) is 11.3 Å². The molecule has 3 nitrogen and oxygen atoms in total. The number of carbonyl (C=O) groups excluding carboxylic acids is 1. The van der Waals surface area contributed by atoms with Gasteiger partial charge < -0.3 is 10.4 Å². The Balaban J connectivity index is 2.53. The number of thiophene rings is 1. The third-order valence-corrected chi connectivity index (χ3v) is 3.75. The number of hydrogen-bond acceptors (Lipinski definition) is 4. The van der Waals surface area contributed by atoms with Crippen molar-refractivity contribution in [3.8, 4) is 11.8 Å². The second-order valence-electron chi connectivity index (χ2n) is 3.54. The zero-order valence-electron chi connectivity index (χ0n) is 10.4. The van der Waals surface area contributed by atoms with E-state index in [1.54, 1.807) is 11.8 Å². The summed E-state index contributed by atoms with van der Waals surface area (Å²) in [5.41, 5.74) is 0.746. The van der Waals surface area contributed by atoms with Crippen LogP contribution in [0.15, 0.2) is 11.4 Å². The van der Waals surface area contributed by atoms with Crippen molar-refractivity contribution in [2.45, 2.75) is 12.8 Å². The van der Waals surface area contributed by atoms with Crippen LogP contribution in [0.5, 0.6) is 0 Å². The lowest BCUT2D eigenvalue weighted by Gasteiger charge is -2.03. The first kappa shape index (κ1) is 15.1. The fraction of sp³-hybridized carbons (Fsp3) is 0.462. The van der Waals surface area contributed by atoms with Crippen LogP contribution in [0.1, 0.15) is 28.1 Å². The number of nitrogens with one attached hydrogen (secondary N) is 1. The number of thioether (sulfide) groups is 1. The molecule has 1 aromatic heterocycles.